The van der Waals surface area contributed by atoms with Crippen LogP contribution >= 0.6 is 0 Å². The number of esters is 1. The number of anilines is 1. The van der Waals surface area contributed by atoms with Crippen molar-refractivity contribution in [1.29, 1.82) is 0 Å². The SMILES string of the molecule is O=C(COC(=O)c1ccc(F)cc1)Nc1cc(C2CC2)nn1-c1ccccc1. The number of hydrogen-bond donors (Lipinski definition) is 1. The highest BCUT2D eigenvalue weighted by Crippen LogP contribution is 2.40. The third kappa shape index (κ3) is 4.09. The Bertz CT molecular complexity index is 995. The minimum atomic E-state index is -0.689. The number of nitrogens with zero attached hydrogens (tertiary/aromatic N) is 2. The average molecular weight is 379 g/mol. The van der Waals surface area contributed by atoms with Gasteiger partial charge in [0.05, 0.1) is 16.9 Å². The van der Waals surface area contributed by atoms with E-state index in [0.29, 0.717) is 11.7 Å². The normalized spacial score (nSPS) is 13.2. The van der Waals surface area contributed by atoms with Crippen LogP contribution in [0.15, 0.2) is 60.7 Å². The zero-order valence-corrected chi connectivity index (χ0v) is 15.0. The average Bonchev–Trinajstić information content (AvgIpc) is 3.48. The molecule has 1 saturated carbocycles. The maximum Gasteiger partial charge on any atom is 0.338 e. The largest absolute Gasteiger partial charge is 0.452 e. The molecule has 1 aromatic heterocycles. The molecule has 0 radical (unpaired) electrons. The third-order valence-corrected chi connectivity index (χ3v) is 4.41. The molecule has 4 rings (SSSR count). The number of aromatic nitrogens is 2. The van der Waals surface area contributed by atoms with Crippen LogP contribution in [0, 0.1) is 5.82 Å². The molecular weight excluding hydrogens is 361 g/mol. The van der Waals surface area contributed by atoms with E-state index in [1.54, 1.807) is 4.68 Å². The van der Waals surface area contributed by atoms with E-state index >= 15 is 0 Å². The summed E-state index contributed by atoms with van der Waals surface area (Å²) in [4.78, 5) is 24.3. The molecule has 1 heterocycles. The predicted octanol–water partition coefficient (Wildman–Crippen LogP) is 3.68. The number of hydrogen-bond acceptors (Lipinski definition) is 4. The Morgan fingerprint density at radius 2 is 1.82 bits per heavy atom. The first kappa shape index (κ1) is 17.9. The fraction of sp³-hybridized carbons (Fsp3) is 0.190. The first-order valence-corrected chi connectivity index (χ1v) is 8.98. The highest BCUT2D eigenvalue weighted by Gasteiger charge is 2.28. The number of carbonyl (C=O) groups excluding carboxylic acids is 2. The van der Waals surface area contributed by atoms with Gasteiger partial charge in [-0.2, -0.15) is 5.10 Å². The van der Waals surface area contributed by atoms with Crippen molar-refractivity contribution in [2.45, 2.75) is 18.8 Å². The molecule has 1 N–H and O–H groups in total. The van der Waals surface area contributed by atoms with Crippen molar-refractivity contribution in [2.24, 2.45) is 0 Å². The van der Waals surface area contributed by atoms with Crippen molar-refractivity contribution >= 4 is 17.7 Å². The maximum atomic E-state index is 12.9. The number of carbonyl (C=O) groups is 2. The molecule has 0 saturated heterocycles. The molecule has 142 valence electrons. The summed E-state index contributed by atoms with van der Waals surface area (Å²) in [6.07, 6.45) is 2.18. The van der Waals surface area contributed by atoms with E-state index in [-0.39, 0.29) is 5.56 Å². The van der Waals surface area contributed by atoms with Gasteiger partial charge in [-0.05, 0) is 49.2 Å². The Morgan fingerprint density at radius 1 is 1.11 bits per heavy atom. The van der Waals surface area contributed by atoms with Gasteiger partial charge in [0.1, 0.15) is 11.6 Å². The van der Waals surface area contributed by atoms with E-state index < -0.39 is 24.3 Å². The van der Waals surface area contributed by atoms with E-state index in [4.69, 9.17) is 4.74 Å². The Kier molecular flexibility index (Phi) is 4.89. The van der Waals surface area contributed by atoms with Crippen molar-refractivity contribution in [3.05, 3.63) is 77.7 Å². The smallest absolute Gasteiger partial charge is 0.338 e. The topological polar surface area (TPSA) is 73.2 Å². The van der Waals surface area contributed by atoms with Crippen LogP contribution in [0.5, 0.6) is 0 Å². The van der Waals surface area contributed by atoms with Gasteiger partial charge in [0.25, 0.3) is 5.91 Å². The van der Waals surface area contributed by atoms with Crippen molar-refractivity contribution in [1.82, 2.24) is 9.78 Å². The first-order valence-electron chi connectivity index (χ1n) is 8.98. The molecule has 1 aliphatic carbocycles. The Balaban J connectivity index is 1.44. The number of ether oxygens (including phenoxy) is 1. The summed E-state index contributed by atoms with van der Waals surface area (Å²) in [5.41, 5.74) is 1.94. The number of para-hydroxylation sites is 1. The quantitative estimate of drug-likeness (QED) is 0.663. The molecule has 3 aromatic rings. The Hall–Kier alpha value is -3.48. The van der Waals surface area contributed by atoms with Crippen molar-refractivity contribution < 1.29 is 18.7 Å². The molecule has 0 unspecified atom stereocenters. The van der Waals surface area contributed by atoms with Gasteiger partial charge < -0.3 is 10.1 Å². The highest BCUT2D eigenvalue weighted by atomic mass is 19.1. The van der Waals surface area contributed by atoms with Gasteiger partial charge >= 0.3 is 5.97 Å². The number of rotatable bonds is 6. The number of benzene rings is 2. The monoisotopic (exact) mass is 379 g/mol. The predicted molar refractivity (Wildman–Crippen MR) is 101 cm³/mol. The minimum absolute atomic E-state index is 0.180. The molecule has 0 aliphatic heterocycles. The molecule has 0 bridgehead atoms. The molecule has 0 atom stereocenters. The molecule has 1 amide bonds. The van der Waals surface area contributed by atoms with Gasteiger partial charge in [-0.1, -0.05) is 18.2 Å². The second-order valence-corrected chi connectivity index (χ2v) is 6.61. The van der Waals surface area contributed by atoms with Crippen LogP contribution in [-0.2, 0) is 9.53 Å². The fourth-order valence-corrected chi connectivity index (χ4v) is 2.81. The number of amides is 1. The van der Waals surface area contributed by atoms with Gasteiger partial charge in [-0.25, -0.2) is 13.9 Å². The van der Waals surface area contributed by atoms with Gasteiger partial charge in [0, 0.05) is 12.0 Å². The minimum Gasteiger partial charge on any atom is -0.452 e. The first-order chi connectivity index (χ1) is 13.6. The van der Waals surface area contributed by atoms with Gasteiger partial charge in [-0.15, -0.1) is 0 Å². The van der Waals surface area contributed by atoms with E-state index in [9.17, 15) is 14.0 Å². The highest BCUT2D eigenvalue weighted by molar-refractivity contribution is 5.95. The molecule has 1 aliphatic rings. The molecule has 28 heavy (non-hydrogen) atoms. The third-order valence-electron chi connectivity index (χ3n) is 4.41. The second-order valence-electron chi connectivity index (χ2n) is 6.61. The summed E-state index contributed by atoms with van der Waals surface area (Å²) < 4.78 is 19.6. The maximum absolute atomic E-state index is 12.9. The summed E-state index contributed by atoms with van der Waals surface area (Å²) in [6.45, 7) is -0.449. The van der Waals surface area contributed by atoms with Crippen molar-refractivity contribution in [3.8, 4) is 5.69 Å². The Labute approximate surface area is 160 Å². The van der Waals surface area contributed by atoms with Crippen LogP contribution in [0.4, 0.5) is 10.2 Å². The van der Waals surface area contributed by atoms with Gasteiger partial charge in [0.15, 0.2) is 6.61 Å². The summed E-state index contributed by atoms with van der Waals surface area (Å²) >= 11 is 0. The van der Waals surface area contributed by atoms with Crippen LogP contribution in [0.25, 0.3) is 5.69 Å². The molecule has 1 fully saturated rings. The molecule has 0 spiro atoms. The summed E-state index contributed by atoms with van der Waals surface area (Å²) in [5, 5.41) is 7.36. The van der Waals surface area contributed by atoms with Crippen LogP contribution in [0.2, 0.25) is 0 Å². The van der Waals surface area contributed by atoms with E-state index in [1.807, 2.05) is 36.4 Å². The molecule has 2 aromatic carbocycles. The zero-order chi connectivity index (χ0) is 19.5. The lowest BCUT2D eigenvalue weighted by atomic mass is 10.2. The molecule has 6 nitrogen and oxygen atoms in total. The lowest BCUT2D eigenvalue weighted by Gasteiger charge is -2.09. The number of halogens is 1. The lowest BCUT2D eigenvalue weighted by Crippen LogP contribution is -2.22. The number of nitrogens with one attached hydrogen (secondary N) is 1. The van der Waals surface area contributed by atoms with Crippen LogP contribution in [-0.4, -0.2) is 28.3 Å². The van der Waals surface area contributed by atoms with E-state index in [2.05, 4.69) is 10.4 Å². The molecule has 7 heteroatoms. The summed E-state index contributed by atoms with van der Waals surface area (Å²) in [7, 11) is 0. The standard InChI is InChI=1S/C21H18FN3O3/c22-16-10-8-15(9-11-16)21(27)28-13-20(26)23-19-12-18(14-6-7-14)24-25(19)17-4-2-1-3-5-17/h1-5,8-12,14H,6-7,13H2,(H,23,26). The van der Waals surface area contributed by atoms with Crippen LogP contribution in [0.3, 0.4) is 0 Å². The summed E-state index contributed by atoms with van der Waals surface area (Å²) in [5.74, 6) is -0.664. The van der Waals surface area contributed by atoms with E-state index in [1.165, 1.54) is 12.1 Å². The van der Waals surface area contributed by atoms with Crippen molar-refractivity contribution in [3.63, 3.8) is 0 Å². The van der Waals surface area contributed by atoms with Crippen LogP contribution < -0.4 is 5.32 Å². The Morgan fingerprint density at radius 3 is 2.50 bits per heavy atom. The lowest BCUT2D eigenvalue weighted by molar-refractivity contribution is -0.119. The van der Waals surface area contributed by atoms with Gasteiger partial charge in [-0.3, -0.25) is 4.79 Å². The van der Waals surface area contributed by atoms with E-state index in [0.717, 1.165) is 36.4 Å². The molecular formula is C21H18FN3O3. The summed E-state index contributed by atoms with van der Waals surface area (Å²) in [6, 6.07) is 16.3. The van der Waals surface area contributed by atoms with Gasteiger partial charge in [0.2, 0.25) is 0 Å². The zero-order valence-electron chi connectivity index (χ0n) is 15.0. The van der Waals surface area contributed by atoms with Crippen LogP contribution in [0.1, 0.15) is 34.8 Å². The van der Waals surface area contributed by atoms with Crippen molar-refractivity contribution in [2.75, 3.05) is 11.9 Å². The second kappa shape index (κ2) is 7.64. The fourth-order valence-electron chi connectivity index (χ4n) is 2.81.